The molecule has 0 spiro atoms. The number of anilines is 1. The van der Waals surface area contributed by atoms with E-state index in [0.717, 1.165) is 34.9 Å². The average Bonchev–Trinajstić information content (AvgIpc) is 3.10. The van der Waals surface area contributed by atoms with Gasteiger partial charge in [-0.3, -0.25) is 4.98 Å². The smallest absolute Gasteiger partial charge is 0.390 e. The Balaban J connectivity index is 1.60. The molecule has 0 aliphatic carbocycles. The molecule has 3 nitrogen and oxygen atoms in total. The van der Waals surface area contributed by atoms with E-state index in [0.29, 0.717) is 24.5 Å². The number of rotatable bonds is 4. The molecule has 0 saturated heterocycles. The highest BCUT2D eigenvalue weighted by Gasteiger charge is 2.32. The summed E-state index contributed by atoms with van der Waals surface area (Å²) in [5.74, 6) is 0. The van der Waals surface area contributed by atoms with E-state index < -0.39 is 11.7 Å². The molecule has 0 unspecified atom stereocenters. The molecule has 0 saturated carbocycles. The summed E-state index contributed by atoms with van der Waals surface area (Å²) in [5.41, 5.74) is 4.25. The summed E-state index contributed by atoms with van der Waals surface area (Å²) >= 11 is 0. The van der Waals surface area contributed by atoms with Crippen molar-refractivity contribution in [2.75, 3.05) is 11.4 Å². The first kappa shape index (κ1) is 18.5. The van der Waals surface area contributed by atoms with Gasteiger partial charge in [-0.2, -0.15) is 13.2 Å². The van der Waals surface area contributed by atoms with Crippen LogP contribution in [0, 0.1) is 0 Å². The molecule has 144 valence electrons. The minimum absolute atomic E-state index is 0.125. The Morgan fingerprint density at radius 1 is 1.00 bits per heavy atom. The Kier molecular flexibility index (Phi) is 4.81. The van der Waals surface area contributed by atoms with Crippen LogP contribution in [0.5, 0.6) is 0 Å². The average molecular weight is 384 g/mol. The summed E-state index contributed by atoms with van der Waals surface area (Å²) in [7, 11) is 0. The number of pyridine rings is 1. The molecular weight excluding hydrogens is 365 g/mol. The van der Waals surface area contributed by atoms with Crippen LogP contribution < -0.4 is 4.90 Å². The van der Waals surface area contributed by atoms with Gasteiger partial charge in [-0.05, 0) is 47.9 Å². The second-order valence-electron chi connectivity index (χ2n) is 6.89. The summed E-state index contributed by atoms with van der Waals surface area (Å²) in [6.45, 7) is 1.10. The Hall–Kier alpha value is -2.86. The van der Waals surface area contributed by atoms with Crippen molar-refractivity contribution in [1.29, 1.82) is 0 Å². The summed E-state index contributed by atoms with van der Waals surface area (Å²) in [4.78, 5) is 6.41. The van der Waals surface area contributed by atoms with E-state index in [-0.39, 0.29) is 6.61 Å². The maximum Gasteiger partial charge on any atom is 0.416 e. The molecule has 4 rings (SSSR count). The Labute approximate surface area is 161 Å². The number of aliphatic hydroxyl groups excluding tert-OH is 1. The number of hydrogen-bond acceptors (Lipinski definition) is 3. The third kappa shape index (κ3) is 3.73. The van der Waals surface area contributed by atoms with Crippen LogP contribution in [0.15, 0.2) is 60.7 Å². The predicted octanol–water partition coefficient (Wildman–Crippen LogP) is 4.82. The van der Waals surface area contributed by atoms with Crippen molar-refractivity contribution in [3.05, 3.63) is 83.0 Å². The van der Waals surface area contributed by atoms with E-state index in [2.05, 4.69) is 4.98 Å². The van der Waals surface area contributed by atoms with Gasteiger partial charge < -0.3 is 10.0 Å². The number of alkyl halides is 3. The maximum atomic E-state index is 13.1. The fourth-order valence-electron chi connectivity index (χ4n) is 3.56. The van der Waals surface area contributed by atoms with E-state index in [4.69, 9.17) is 0 Å². The van der Waals surface area contributed by atoms with Gasteiger partial charge >= 0.3 is 6.18 Å². The predicted molar refractivity (Wildman–Crippen MR) is 102 cm³/mol. The van der Waals surface area contributed by atoms with Crippen LogP contribution in [0.1, 0.15) is 22.4 Å². The standard InChI is InChI=1S/C22H19F3N2O/c23-22(24,25)18-8-7-16-9-10-27(21(16)12-18)13-15-3-1-4-17(11-15)20-6-2-5-19(14-28)26-20/h1-8,11-12,28H,9-10,13-14H2. The third-order valence-corrected chi connectivity index (χ3v) is 4.97. The van der Waals surface area contributed by atoms with Crippen molar-refractivity contribution < 1.29 is 18.3 Å². The molecule has 0 bridgehead atoms. The summed E-state index contributed by atoms with van der Waals surface area (Å²) < 4.78 is 39.2. The first-order valence-electron chi connectivity index (χ1n) is 9.05. The molecule has 1 N–H and O–H groups in total. The van der Waals surface area contributed by atoms with Crippen molar-refractivity contribution in [2.24, 2.45) is 0 Å². The van der Waals surface area contributed by atoms with Crippen molar-refractivity contribution in [2.45, 2.75) is 25.7 Å². The largest absolute Gasteiger partial charge is 0.416 e. The number of halogens is 3. The molecule has 0 atom stereocenters. The van der Waals surface area contributed by atoms with Gasteiger partial charge in [0.15, 0.2) is 0 Å². The monoisotopic (exact) mass is 384 g/mol. The molecule has 1 aliphatic heterocycles. The van der Waals surface area contributed by atoms with Gasteiger partial charge in [0.1, 0.15) is 0 Å². The molecule has 0 amide bonds. The van der Waals surface area contributed by atoms with E-state index in [9.17, 15) is 18.3 Å². The molecule has 1 aromatic heterocycles. The zero-order valence-electron chi connectivity index (χ0n) is 15.1. The van der Waals surface area contributed by atoms with Crippen LogP contribution in [-0.2, 0) is 25.7 Å². The van der Waals surface area contributed by atoms with Crippen LogP contribution in [0.4, 0.5) is 18.9 Å². The van der Waals surface area contributed by atoms with Gasteiger partial charge in [0.25, 0.3) is 0 Å². The van der Waals surface area contributed by atoms with E-state index in [1.165, 1.54) is 6.07 Å². The number of aliphatic hydroxyl groups is 1. The molecule has 0 radical (unpaired) electrons. The zero-order valence-corrected chi connectivity index (χ0v) is 15.1. The normalized spacial score (nSPS) is 13.6. The van der Waals surface area contributed by atoms with Gasteiger partial charge in [0.05, 0.1) is 23.6 Å². The molecule has 2 aromatic carbocycles. The molecule has 1 aliphatic rings. The highest BCUT2D eigenvalue weighted by molar-refractivity contribution is 5.62. The quantitative estimate of drug-likeness (QED) is 0.701. The SMILES string of the molecule is OCc1cccc(-c2cccc(CN3CCc4ccc(C(F)(F)F)cc43)c2)n1. The van der Waals surface area contributed by atoms with Gasteiger partial charge in [-0.25, -0.2) is 0 Å². The Morgan fingerprint density at radius 2 is 1.82 bits per heavy atom. The topological polar surface area (TPSA) is 36.4 Å². The molecule has 6 heteroatoms. The van der Waals surface area contributed by atoms with E-state index in [1.54, 1.807) is 12.1 Å². The Bertz CT molecular complexity index is 1000. The lowest BCUT2D eigenvalue weighted by molar-refractivity contribution is -0.137. The second-order valence-corrected chi connectivity index (χ2v) is 6.89. The Morgan fingerprint density at radius 3 is 2.61 bits per heavy atom. The van der Waals surface area contributed by atoms with Gasteiger partial charge in [0, 0.05) is 24.3 Å². The van der Waals surface area contributed by atoms with E-state index in [1.807, 2.05) is 41.3 Å². The number of nitrogens with zero attached hydrogens (tertiary/aromatic N) is 2. The van der Waals surface area contributed by atoms with Gasteiger partial charge in [0.2, 0.25) is 0 Å². The van der Waals surface area contributed by atoms with Crippen molar-refractivity contribution >= 4 is 5.69 Å². The molecule has 0 fully saturated rings. The molecule has 3 aromatic rings. The molecular formula is C22H19F3N2O. The van der Waals surface area contributed by atoms with Crippen LogP contribution in [-0.4, -0.2) is 16.6 Å². The molecule has 2 heterocycles. The van der Waals surface area contributed by atoms with Gasteiger partial charge in [-0.15, -0.1) is 0 Å². The summed E-state index contributed by atoms with van der Waals surface area (Å²) in [6.07, 6.45) is -3.60. The minimum Gasteiger partial charge on any atom is -0.390 e. The molecule has 28 heavy (non-hydrogen) atoms. The number of fused-ring (bicyclic) bond motifs is 1. The number of hydrogen-bond donors (Lipinski definition) is 1. The number of benzene rings is 2. The maximum absolute atomic E-state index is 13.1. The van der Waals surface area contributed by atoms with Crippen molar-refractivity contribution in [1.82, 2.24) is 4.98 Å². The highest BCUT2D eigenvalue weighted by Crippen LogP contribution is 2.36. The third-order valence-electron chi connectivity index (χ3n) is 4.97. The van der Waals surface area contributed by atoms with Crippen LogP contribution in [0.2, 0.25) is 0 Å². The highest BCUT2D eigenvalue weighted by atomic mass is 19.4. The van der Waals surface area contributed by atoms with Crippen LogP contribution in [0.25, 0.3) is 11.3 Å². The second kappa shape index (κ2) is 7.28. The zero-order chi connectivity index (χ0) is 19.7. The summed E-state index contributed by atoms with van der Waals surface area (Å²) in [5, 5.41) is 9.28. The lowest BCUT2D eigenvalue weighted by Crippen LogP contribution is -2.20. The van der Waals surface area contributed by atoms with Crippen molar-refractivity contribution in [3.8, 4) is 11.3 Å². The lowest BCUT2D eigenvalue weighted by Gasteiger charge is -2.21. The summed E-state index contributed by atoms with van der Waals surface area (Å²) in [6, 6.07) is 17.3. The first-order valence-corrected chi connectivity index (χ1v) is 9.05. The van der Waals surface area contributed by atoms with Crippen LogP contribution in [0.3, 0.4) is 0 Å². The first-order chi connectivity index (χ1) is 13.4. The number of aromatic nitrogens is 1. The van der Waals surface area contributed by atoms with Crippen molar-refractivity contribution in [3.63, 3.8) is 0 Å². The fourth-order valence-corrected chi connectivity index (χ4v) is 3.56. The lowest BCUT2D eigenvalue weighted by atomic mass is 10.1. The fraction of sp³-hybridized carbons (Fsp3) is 0.227. The van der Waals surface area contributed by atoms with Gasteiger partial charge in [-0.1, -0.05) is 30.3 Å². The minimum atomic E-state index is -4.34. The van der Waals surface area contributed by atoms with E-state index >= 15 is 0 Å². The van der Waals surface area contributed by atoms with Crippen LogP contribution >= 0.6 is 0 Å².